The minimum absolute atomic E-state index is 0.259. The van der Waals surface area contributed by atoms with Crippen LogP contribution >= 0.6 is 0 Å². The molecular weight excluding hydrogens is 156 g/mol. The monoisotopic (exact) mass is 174 g/mol. The smallest absolute Gasteiger partial charge is 0.334 e. The van der Waals surface area contributed by atoms with E-state index in [1.54, 1.807) is 6.92 Å². The number of rotatable bonds is 6. The standard InChI is InChI=1S/C9H18O3/c1-4-6-11-8(3)9(10)12-7-5-2/h8H,4-7H2,1-3H3. The Kier molecular flexibility index (Phi) is 6.76. The minimum atomic E-state index is -0.420. The van der Waals surface area contributed by atoms with Crippen LogP contribution in [0.25, 0.3) is 0 Å². The van der Waals surface area contributed by atoms with Gasteiger partial charge < -0.3 is 9.47 Å². The Morgan fingerprint density at radius 3 is 2.33 bits per heavy atom. The summed E-state index contributed by atoms with van der Waals surface area (Å²) in [7, 11) is 0. The molecule has 0 aliphatic carbocycles. The van der Waals surface area contributed by atoms with Crippen molar-refractivity contribution in [2.45, 2.75) is 39.7 Å². The van der Waals surface area contributed by atoms with Gasteiger partial charge in [0, 0.05) is 6.61 Å². The van der Waals surface area contributed by atoms with Crippen molar-refractivity contribution >= 4 is 5.97 Å². The third-order valence-corrected chi connectivity index (χ3v) is 1.35. The molecule has 0 rings (SSSR count). The Bertz CT molecular complexity index is 123. The Morgan fingerprint density at radius 1 is 1.25 bits per heavy atom. The normalized spacial score (nSPS) is 12.6. The van der Waals surface area contributed by atoms with Crippen LogP contribution in [-0.2, 0) is 14.3 Å². The molecule has 0 saturated carbocycles. The third kappa shape index (κ3) is 5.13. The summed E-state index contributed by atoms with van der Waals surface area (Å²) >= 11 is 0. The zero-order chi connectivity index (χ0) is 9.40. The lowest BCUT2D eigenvalue weighted by Crippen LogP contribution is -2.23. The van der Waals surface area contributed by atoms with E-state index in [0.717, 1.165) is 12.8 Å². The van der Waals surface area contributed by atoms with Crippen molar-refractivity contribution in [1.29, 1.82) is 0 Å². The van der Waals surface area contributed by atoms with Crippen LogP contribution < -0.4 is 0 Å². The third-order valence-electron chi connectivity index (χ3n) is 1.35. The van der Waals surface area contributed by atoms with E-state index in [-0.39, 0.29) is 5.97 Å². The van der Waals surface area contributed by atoms with Gasteiger partial charge in [-0.25, -0.2) is 4.79 Å². The molecule has 0 saturated heterocycles. The lowest BCUT2D eigenvalue weighted by atomic mass is 10.4. The zero-order valence-corrected chi connectivity index (χ0v) is 8.13. The van der Waals surface area contributed by atoms with E-state index in [4.69, 9.17) is 9.47 Å². The van der Waals surface area contributed by atoms with Gasteiger partial charge in [-0.1, -0.05) is 13.8 Å². The Hall–Kier alpha value is -0.570. The maximum absolute atomic E-state index is 11.1. The predicted molar refractivity (Wildman–Crippen MR) is 47.0 cm³/mol. The number of hydrogen-bond acceptors (Lipinski definition) is 3. The summed E-state index contributed by atoms with van der Waals surface area (Å²) in [5.74, 6) is -0.259. The molecule has 0 fully saturated rings. The van der Waals surface area contributed by atoms with Gasteiger partial charge >= 0.3 is 5.97 Å². The molecule has 3 heteroatoms. The Morgan fingerprint density at radius 2 is 1.83 bits per heavy atom. The van der Waals surface area contributed by atoms with Gasteiger partial charge in [0.15, 0.2) is 6.10 Å². The van der Waals surface area contributed by atoms with Crippen LogP contribution in [0.4, 0.5) is 0 Å². The topological polar surface area (TPSA) is 35.5 Å². The molecule has 0 aliphatic rings. The number of ether oxygens (including phenoxy) is 2. The van der Waals surface area contributed by atoms with E-state index in [9.17, 15) is 4.79 Å². The van der Waals surface area contributed by atoms with Crippen LogP contribution in [0.3, 0.4) is 0 Å². The molecule has 12 heavy (non-hydrogen) atoms. The number of esters is 1. The van der Waals surface area contributed by atoms with Crippen molar-refractivity contribution in [3.05, 3.63) is 0 Å². The molecule has 0 N–H and O–H groups in total. The minimum Gasteiger partial charge on any atom is -0.464 e. The van der Waals surface area contributed by atoms with Crippen LogP contribution in [0.15, 0.2) is 0 Å². The quantitative estimate of drug-likeness (QED) is 0.575. The lowest BCUT2D eigenvalue weighted by molar-refractivity contribution is -0.156. The number of hydrogen-bond donors (Lipinski definition) is 0. The van der Waals surface area contributed by atoms with Gasteiger partial charge in [0.05, 0.1) is 6.61 Å². The van der Waals surface area contributed by atoms with Gasteiger partial charge in [-0.05, 0) is 19.8 Å². The molecule has 3 nitrogen and oxygen atoms in total. The highest BCUT2D eigenvalue weighted by Crippen LogP contribution is 1.96. The van der Waals surface area contributed by atoms with Crippen molar-refractivity contribution in [1.82, 2.24) is 0 Å². The average Bonchev–Trinajstić information content (AvgIpc) is 2.10. The number of carbonyl (C=O) groups excluding carboxylic acids is 1. The van der Waals surface area contributed by atoms with E-state index in [2.05, 4.69) is 0 Å². The molecular formula is C9H18O3. The summed E-state index contributed by atoms with van der Waals surface area (Å²) in [6, 6.07) is 0. The zero-order valence-electron chi connectivity index (χ0n) is 8.13. The van der Waals surface area contributed by atoms with E-state index in [1.165, 1.54) is 0 Å². The molecule has 0 aliphatic heterocycles. The van der Waals surface area contributed by atoms with E-state index < -0.39 is 6.10 Å². The molecule has 72 valence electrons. The average molecular weight is 174 g/mol. The molecule has 1 unspecified atom stereocenters. The summed E-state index contributed by atoms with van der Waals surface area (Å²) in [5.41, 5.74) is 0. The van der Waals surface area contributed by atoms with Crippen LogP contribution in [0, 0.1) is 0 Å². The lowest BCUT2D eigenvalue weighted by Gasteiger charge is -2.10. The van der Waals surface area contributed by atoms with E-state index >= 15 is 0 Å². The first kappa shape index (κ1) is 11.4. The highest BCUT2D eigenvalue weighted by molar-refractivity contribution is 5.74. The fourth-order valence-electron chi connectivity index (χ4n) is 0.683. The van der Waals surface area contributed by atoms with E-state index in [1.807, 2.05) is 13.8 Å². The van der Waals surface area contributed by atoms with Crippen LogP contribution in [-0.4, -0.2) is 25.3 Å². The molecule has 0 heterocycles. The summed E-state index contributed by atoms with van der Waals surface area (Å²) in [6.45, 7) is 6.78. The molecule has 1 atom stereocenters. The first-order chi connectivity index (χ1) is 5.72. The highest BCUT2D eigenvalue weighted by Gasteiger charge is 2.13. The summed E-state index contributed by atoms with van der Waals surface area (Å²) in [4.78, 5) is 11.1. The van der Waals surface area contributed by atoms with Gasteiger partial charge in [-0.3, -0.25) is 0 Å². The fourth-order valence-corrected chi connectivity index (χ4v) is 0.683. The molecule has 0 radical (unpaired) electrons. The molecule has 0 spiro atoms. The molecule has 0 aromatic rings. The van der Waals surface area contributed by atoms with Crippen molar-refractivity contribution < 1.29 is 14.3 Å². The second-order valence-corrected chi connectivity index (χ2v) is 2.68. The van der Waals surface area contributed by atoms with Crippen LogP contribution in [0.2, 0.25) is 0 Å². The number of carbonyl (C=O) groups is 1. The second kappa shape index (κ2) is 7.10. The molecule has 0 bridgehead atoms. The molecule has 0 amide bonds. The van der Waals surface area contributed by atoms with Crippen LogP contribution in [0.1, 0.15) is 33.6 Å². The summed E-state index contributed by atoms with van der Waals surface area (Å²) in [6.07, 6.45) is 1.36. The van der Waals surface area contributed by atoms with E-state index in [0.29, 0.717) is 13.2 Å². The van der Waals surface area contributed by atoms with Gasteiger partial charge in [0.1, 0.15) is 0 Å². The van der Waals surface area contributed by atoms with Gasteiger partial charge in [0.2, 0.25) is 0 Å². The van der Waals surface area contributed by atoms with Crippen molar-refractivity contribution in [3.8, 4) is 0 Å². The Labute approximate surface area is 74.0 Å². The summed E-state index contributed by atoms with van der Waals surface area (Å²) in [5, 5.41) is 0. The predicted octanol–water partition coefficient (Wildman–Crippen LogP) is 1.75. The molecule has 0 aromatic heterocycles. The first-order valence-electron chi connectivity index (χ1n) is 4.50. The highest BCUT2D eigenvalue weighted by atomic mass is 16.6. The summed E-state index contributed by atoms with van der Waals surface area (Å²) < 4.78 is 10.1. The maximum atomic E-state index is 11.1. The second-order valence-electron chi connectivity index (χ2n) is 2.68. The van der Waals surface area contributed by atoms with Crippen molar-refractivity contribution in [3.63, 3.8) is 0 Å². The van der Waals surface area contributed by atoms with Crippen molar-refractivity contribution in [2.24, 2.45) is 0 Å². The fraction of sp³-hybridized carbons (Fsp3) is 0.889. The van der Waals surface area contributed by atoms with Gasteiger partial charge in [-0.2, -0.15) is 0 Å². The van der Waals surface area contributed by atoms with Gasteiger partial charge in [-0.15, -0.1) is 0 Å². The SMILES string of the molecule is CCCOC(=O)C(C)OCCC. The largest absolute Gasteiger partial charge is 0.464 e. The maximum Gasteiger partial charge on any atom is 0.334 e. The van der Waals surface area contributed by atoms with Crippen LogP contribution in [0.5, 0.6) is 0 Å². The Balaban J connectivity index is 3.47. The van der Waals surface area contributed by atoms with Crippen molar-refractivity contribution in [2.75, 3.05) is 13.2 Å². The van der Waals surface area contributed by atoms with Gasteiger partial charge in [0.25, 0.3) is 0 Å². The first-order valence-corrected chi connectivity index (χ1v) is 4.50. The molecule has 0 aromatic carbocycles.